The van der Waals surface area contributed by atoms with E-state index >= 15 is 0 Å². The molecule has 2 aromatic rings. The number of aliphatic hydroxyl groups excluding tert-OH is 1. The molecule has 6 nitrogen and oxygen atoms in total. The van der Waals surface area contributed by atoms with Crippen molar-refractivity contribution in [1.29, 1.82) is 0 Å². The van der Waals surface area contributed by atoms with Crippen molar-refractivity contribution in [3.63, 3.8) is 0 Å². The fourth-order valence-corrected chi connectivity index (χ4v) is 1.78. The number of aromatic nitrogens is 4. The average molecular weight is 241 g/mol. The highest BCUT2D eigenvalue weighted by Crippen LogP contribution is 2.20. The summed E-state index contributed by atoms with van der Waals surface area (Å²) in [6.07, 6.45) is 10.9. The standard InChI is InChI=1S/C12H11N5O/c18-9-4-2-1-3-8(9)5-13-11-10-12(15-6-14-10)17-7-16-11/h1-2,4-8,18H,3H2,(H,14,15,16,17). The summed E-state index contributed by atoms with van der Waals surface area (Å²) in [5.74, 6) is 0.749. The van der Waals surface area contributed by atoms with E-state index in [-0.39, 0.29) is 5.92 Å². The van der Waals surface area contributed by atoms with Gasteiger partial charge in [-0.25, -0.2) is 19.9 Å². The molecular weight excluding hydrogens is 230 g/mol. The Balaban J connectivity index is 1.90. The highest BCUT2D eigenvalue weighted by atomic mass is 16.3. The molecule has 0 radical (unpaired) electrons. The van der Waals surface area contributed by atoms with Crippen LogP contribution in [0.5, 0.6) is 0 Å². The highest BCUT2D eigenvalue weighted by Gasteiger charge is 2.12. The van der Waals surface area contributed by atoms with Gasteiger partial charge in [0, 0.05) is 6.21 Å². The number of nitrogens with zero attached hydrogens (tertiary/aromatic N) is 4. The molecule has 6 heteroatoms. The number of aromatic amines is 1. The number of hydrogen-bond acceptors (Lipinski definition) is 5. The maximum Gasteiger partial charge on any atom is 0.182 e. The molecule has 1 aliphatic carbocycles. The molecule has 0 spiro atoms. The second-order valence-corrected chi connectivity index (χ2v) is 3.94. The number of allylic oxidation sites excluding steroid dienone is 4. The van der Waals surface area contributed by atoms with Crippen LogP contribution in [0, 0.1) is 5.92 Å². The third kappa shape index (κ3) is 1.88. The summed E-state index contributed by atoms with van der Waals surface area (Å²) in [6, 6.07) is 0. The van der Waals surface area contributed by atoms with E-state index in [0.717, 1.165) is 6.42 Å². The van der Waals surface area contributed by atoms with Crippen LogP contribution in [0.15, 0.2) is 41.6 Å². The van der Waals surface area contributed by atoms with Crippen molar-refractivity contribution in [2.75, 3.05) is 0 Å². The monoisotopic (exact) mass is 241 g/mol. The first-order valence-electron chi connectivity index (χ1n) is 5.58. The zero-order valence-electron chi connectivity index (χ0n) is 9.48. The van der Waals surface area contributed by atoms with Crippen molar-refractivity contribution >= 4 is 23.2 Å². The second-order valence-electron chi connectivity index (χ2n) is 3.94. The molecule has 3 rings (SSSR count). The normalized spacial score (nSPS) is 19.6. The molecule has 0 saturated carbocycles. The summed E-state index contributed by atoms with van der Waals surface area (Å²) in [7, 11) is 0. The van der Waals surface area contributed by atoms with Gasteiger partial charge >= 0.3 is 0 Å². The lowest BCUT2D eigenvalue weighted by molar-refractivity contribution is 0.365. The van der Waals surface area contributed by atoms with Gasteiger partial charge in [0.2, 0.25) is 0 Å². The molecule has 2 heterocycles. The molecular formula is C12H11N5O. The molecule has 0 fully saturated rings. The quantitative estimate of drug-likeness (QED) is 0.788. The van der Waals surface area contributed by atoms with Crippen LogP contribution < -0.4 is 0 Å². The van der Waals surface area contributed by atoms with Gasteiger partial charge in [-0.3, -0.25) is 0 Å². The number of imidazole rings is 1. The molecule has 1 atom stereocenters. The Morgan fingerprint density at radius 1 is 1.39 bits per heavy atom. The molecule has 0 bridgehead atoms. The van der Waals surface area contributed by atoms with Crippen molar-refractivity contribution in [3.8, 4) is 0 Å². The van der Waals surface area contributed by atoms with Gasteiger partial charge in [-0.15, -0.1) is 0 Å². The first-order valence-corrected chi connectivity index (χ1v) is 5.58. The number of hydrogen-bond donors (Lipinski definition) is 2. The van der Waals surface area contributed by atoms with Crippen LogP contribution in [0.4, 0.5) is 5.82 Å². The minimum Gasteiger partial charge on any atom is -0.512 e. The van der Waals surface area contributed by atoms with Crippen LogP contribution in [0.2, 0.25) is 0 Å². The molecule has 2 N–H and O–H groups in total. The number of rotatable bonds is 2. The van der Waals surface area contributed by atoms with Crippen LogP contribution in [0.25, 0.3) is 11.2 Å². The van der Waals surface area contributed by atoms with Crippen molar-refractivity contribution in [2.24, 2.45) is 10.9 Å². The number of aliphatic imine (C=N–C) groups is 1. The molecule has 1 aliphatic rings. The first-order chi connectivity index (χ1) is 8.84. The number of aliphatic hydroxyl groups is 1. The third-order valence-corrected chi connectivity index (χ3v) is 2.75. The lowest BCUT2D eigenvalue weighted by Gasteiger charge is -2.11. The van der Waals surface area contributed by atoms with Gasteiger partial charge in [0.05, 0.1) is 12.2 Å². The van der Waals surface area contributed by atoms with Gasteiger partial charge in [-0.1, -0.05) is 12.2 Å². The molecule has 1 unspecified atom stereocenters. The van der Waals surface area contributed by atoms with E-state index in [0.29, 0.717) is 22.7 Å². The first kappa shape index (κ1) is 10.6. The van der Waals surface area contributed by atoms with Crippen LogP contribution >= 0.6 is 0 Å². The highest BCUT2D eigenvalue weighted by molar-refractivity contribution is 5.83. The van der Waals surface area contributed by atoms with Crippen molar-refractivity contribution in [2.45, 2.75) is 6.42 Å². The van der Waals surface area contributed by atoms with Gasteiger partial charge in [-0.2, -0.15) is 0 Å². The SMILES string of the molecule is OC1=CC=CCC1C=Nc1ncnc2nc[nH]c12. The molecule has 2 aromatic heterocycles. The number of nitrogens with one attached hydrogen (secondary N) is 1. The minimum absolute atomic E-state index is 0.0945. The van der Waals surface area contributed by atoms with Crippen molar-refractivity contribution in [1.82, 2.24) is 19.9 Å². The summed E-state index contributed by atoms with van der Waals surface area (Å²) >= 11 is 0. The van der Waals surface area contributed by atoms with Gasteiger partial charge in [0.15, 0.2) is 11.5 Å². The summed E-state index contributed by atoms with van der Waals surface area (Å²) in [5.41, 5.74) is 1.28. The predicted molar refractivity (Wildman–Crippen MR) is 67.8 cm³/mol. The fraction of sp³-hybridized carbons (Fsp3) is 0.167. The third-order valence-electron chi connectivity index (χ3n) is 2.75. The van der Waals surface area contributed by atoms with Crippen molar-refractivity contribution < 1.29 is 5.11 Å². The van der Waals surface area contributed by atoms with Crippen LogP contribution in [-0.4, -0.2) is 31.3 Å². The van der Waals surface area contributed by atoms with Crippen LogP contribution in [0.1, 0.15) is 6.42 Å². The van der Waals surface area contributed by atoms with E-state index in [9.17, 15) is 5.11 Å². The Bertz CT molecular complexity index is 655. The summed E-state index contributed by atoms with van der Waals surface area (Å²) in [6.45, 7) is 0. The lowest BCUT2D eigenvalue weighted by Crippen LogP contribution is -2.06. The zero-order valence-corrected chi connectivity index (χ0v) is 9.48. The molecule has 18 heavy (non-hydrogen) atoms. The van der Waals surface area contributed by atoms with Crippen molar-refractivity contribution in [3.05, 3.63) is 36.6 Å². The van der Waals surface area contributed by atoms with E-state index in [2.05, 4.69) is 24.9 Å². The van der Waals surface area contributed by atoms with E-state index in [1.807, 2.05) is 12.2 Å². The molecule has 90 valence electrons. The van der Waals surface area contributed by atoms with E-state index in [1.54, 1.807) is 18.6 Å². The van der Waals surface area contributed by atoms with E-state index in [1.165, 1.54) is 6.33 Å². The van der Waals surface area contributed by atoms with Crippen LogP contribution in [-0.2, 0) is 0 Å². The number of H-pyrrole nitrogens is 1. The maximum atomic E-state index is 9.69. The Labute approximate surface area is 103 Å². The average Bonchev–Trinajstić information content (AvgIpc) is 2.86. The summed E-state index contributed by atoms with van der Waals surface area (Å²) in [5, 5.41) is 9.69. The Kier molecular flexibility index (Phi) is 2.60. The summed E-state index contributed by atoms with van der Waals surface area (Å²) < 4.78 is 0. The smallest absolute Gasteiger partial charge is 0.182 e. The van der Waals surface area contributed by atoms with E-state index < -0.39 is 0 Å². The van der Waals surface area contributed by atoms with Gasteiger partial charge < -0.3 is 10.1 Å². The molecule has 0 saturated heterocycles. The van der Waals surface area contributed by atoms with Gasteiger partial charge in [0.25, 0.3) is 0 Å². The maximum absolute atomic E-state index is 9.69. The Morgan fingerprint density at radius 3 is 3.22 bits per heavy atom. The fourth-order valence-electron chi connectivity index (χ4n) is 1.78. The minimum atomic E-state index is -0.0945. The largest absolute Gasteiger partial charge is 0.512 e. The lowest BCUT2D eigenvalue weighted by atomic mass is 10.0. The molecule has 0 aliphatic heterocycles. The van der Waals surface area contributed by atoms with Gasteiger partial charge in [0.1, 0.15) is 17.6 Å². The van der Waals surface area contributed by atoms with Gasteiger partial charge in [-0.05, 0) is 12.5 Å². The molecule has 0 aromatic carbocycles. The molecule has 0 amide bonds. The topological polar surface area (TPSA) is 87.1 Å². The summed E-state index contributed by atoms with van der Waals surface area (Å²) in [4.78, 5) is 19.4. The second kappa shape index (κ2) is 4.40. The Hall–Kier alpha value is -2.50. The van der Waals surface area contributed by atoms with E-state index in [4.69, 9.17) is 0 Å². The van der Waals surface area contributed by atoms with Crippen LogP contribution in [0.3, 0.4) is 0 Å². The predicted octanol–water partition coefficient (Wildman–Crippen LogP) is 2.07. The zero-order chi connectivity index (χ0) is 12.4. The Morgan fingerprint density at radius 2 is 2.33 bits per heavy atom. The number of fused-ring (bicyclic) bond motifs is 1.